The molecule has 1 aliphatic heterocycles. The molecule has 5 nitrogen and oxygen atoms in total. The number of anilines is 1. The summed E-state index contributed by atoms with van der Waals surface area (Å²) in [5, 5.41) is 0. The fourth-order valence-corrected chi connectivity index (χ4v) is 4.53. The summed E-state index contributed by atoms with van der Waals surface area (Å²) in [7, 11) is 0. The van der Waals surface area contributed by atoms with Crippen molar-refractivity contribution in [3.8, 4) is 0 Å². The monoisotopic (exact) mass is 367 g/mol. The zero-order valence-corrected chi connectivity index (χ0v) is 16.1. The first-order valence-electron chi connectivity index (χ1n) is 10.3. The largest absolute Gasteiger partial charge is 0.459 e. The maximum Gasteiger partial charge on any atom is 0.295 e. The average molecular weight is 367 g/mol. The second-order valence-corrected chi connectivity index (χ2v) is 7.91. The SMILES string of the molecule is Cc1ccc(N(C(=O)c2ccco2)C2CCN(C3CCCCC3)CC2)nc1. The van der Waals surface area contributed by atoms with E-state index in [1.54, 1.807) is 18.4 Å². The van der Waals surface area contributed by atoms with Crippen LogP contribution in [0.2, 0.25) is 0 Å². The molecule has 0 unspecified atom stereocenters. The van der Waals surface area contributed by atoms with E-state index in [1.807, 2.05) is 30.2 Å². The quantitative estimate of drug-likeness (QED) is 0.802. The van der Waals surface area contributed by atoms with Crippen LogP contribution in [0.1, 0.15) is 61.1 Å². The van der Waals surface area contributed by atoms with Gasteiger partial charge in [-0.2, -0.15) is 0 Å². The van der Waals surface area contributed by atoms with E-state index in [0.717, 1.165) is 43.4 Å². The molecule has 0 aromatic carbocycles. The first-order chi connectivity index (χ1) is 13.2. The molecule has 0 bridgehead atoms. The van der Waals surface area contributed by atoms with Crippen LogP contribution >= 0.6 is 0 Å². The molecule has 1 saturated heterocycles. The van der Waals surface area contributed by atoms with Gasteiger partial charge in [0.05, 0.1) is 6.26 Å². The number of amides is 1. The molecule has 4 rings (SSSR count). The minimum Gasteiger partial charge on any atom is -0.459 e. The van der Waals surface area contributed by atoms with Crippen molar-refractivity contribution in [2.45, 2.75) is 64.0 Å². The van der Waals surface area contributed by atoms with Gasteiger partial charge in [-0.15, -0.1) is 0 Å². The Morgan fingerprint density at radius 3 is 2.52 bits per heavy atom. The van der Waals surface area contributed by atoms with Crippen LogP contribution in [0.15, 0.2) is 41.1 Å². The highest BCUT2D eigenvalue weighted by molar-refractivity contribution is 6.04. The lowest BCUT2D eigenvalue weighted by Crippen LogP contribution is -2.50. The minimum absolute atomic E-state index is 0.0903. The molecule has 144 valence electrons. The Labute approximate surface area is 161 Å². The van der Waals surface area contributed by atoms with Crippen molar-refractivity contribution in [3.63, 3.8) is 0 Å². The van der Waals surface area contributed by atoms with Gasteiger partial charge in [0.2, 0.25) is 0 Å². The Morgan fingerprint density at radius 1 is 1.11 bits per heavy atom. The molecular formula is C22H29N3O2. The van der Waals surface area contributed by atoms with Gasteiger partial charge in [-0.1, -0.05) is 25.3 Å². The third-order valence-corrected chi connectivity index (χ3v) is 6.05. The van der Waals surface area contributed by atoms with Gasteiger partial charge in [-0.05, 0) is 56.4 Å². The summed E-state index contributed by atoms with van der Waals surface area (Å²) in [5.74, 6) is 1.01. The molecular weight excluding hydrogens is 338 g/mol. The molecule has 1 saturated carbocycles. The van der Waals surface area contributed by atoms with Crippen LogP contribution in [-0.2, 0) is 0 Å². The van der Waals surface area contributed by atoms with Crippen LogP contribution < -0.4 is 4.90 Å². The Morgan fingerprint density at radius 2 is 1.89 bits per heavy atom. The van der Waals surface area contributed by atoms with Gasteiger partial charge >= 0.3 is 0 Å². The van der Waals surface area contributed by atoms with Gasteiger partial charge in [0, 0.05) is 31.4 Å². The van der Waals surface area contributed by atoms with E-state index >= 15 is 0 Å². The number of carbonyl (C=O) groups is 1. The first-order valence-corrected chi connectivity index (χ1v) is 10.3. The normalized spacial score (nSPS) is 19.9. The molecule has 3 heterocycles. The number of pyridine rings is 1. The number of nitrogens with zero attached hydrogens (tertiary/aromatic N) is 3. The number of furan rings is 1. The Bertz CT molecular complexity index is 727. The van der Waals surface area contributed by atoms with Crippen molar-refractivity contribution in [1.82, 2.24) is 9.88 Å². The molecule has 27 heavy (non-hydrogen) atoms. The zero-order chi connectivity index (χ0) is 18.6. The molecule has 2 aliphatic rings. The van der Waals surface area contributed by atoms with Gasteiger partial charge in [-0.25, -0.2) is 4.98 Å². The Kier molecular flexibility index (Phi) is 5.58. The summed E-state index contributed by atoms with van der Waals surface area (Å²) in [5.41, 5.74) is 1.09. The van der Waals surface area contributed by atoms with E-state index in [9.17, 15) is 4.79 Å². The van der Waals surface area contributed by atoms with Crippen molar-refractivity contribution in [1.29, 1.82) is 0 Å². The smallest absolute Gasteiger partial charge is 0.295 e. The summed E-state index contributed by atoms with van der Waals surface area (Å²) in [6, 6.07) is 8.37. The van der Waals surface area contributed by atoms with Crippen LogP contribution in [0.5, 0.6) is 0 Å². The molecule has 0 N–H and O–H groups in total. The van der Waals surface area contributed by atoms with Crippen molar-refractivity contribution in [2.75, 3.05) is 18.0 Å². The van der Waals surface area contributed by atoms with Crippen LogP contribution in [0.4, 0.5) is 5.82 Å². The number of hydrogen-bond donors (Lipinski definition) is 0. The van der Waals surface area contributed by atoms with E-state index in [0.29, 0.717) is 5.76 Å². The molecule has 2 aromatic rings. The maximum atomic E-state index is 13.2. The molecule has 5 heteroatoms. The fourth-order valence-electron chi connectivity index (χ4n) is 4.53. The van der Waals surface area contributed by atoms with Crippen molar-refractivity contribution >= 4 is 11.7 Å². The van der Waals surface area contributed by atoms with E-state index < -0.39 is 0 Å². The minimum atomic E-state index is -0.0903. The summed E-state index contributed by atoms with van der Waals surface area (Å²) >= 11 is 0. The summed E-state index contributed by atoms with van der Waals surface area (Å²) in [6.45, 7) is 4.13. The van der Waals surface area contributed by atoms with Gasteiger partial charge in [0.25, 0.3) is 5.91 Å². The molecule has 1 amide bonds. The Hall–Kier alpha value is -2.14. The topological polar surface area (TPSA) is 49.6 Å². The number of aryl methyl sites for hydroxylation is 1. The highest BCUT2D eigenvalue weighted by atomic mass is 16.3. The Balaban J connectivity index is 1.51. The number of hydrogen-bond acceptors (Lipinski definition) is 4. The number of aromatic nitrogens is 1. The highest BCUT2D eigenvalue weighted by Gasteiger charge is 2.33. The molecule has 0 spiro atoms. The van der Waals surface area contributed by atoms with E-state index in [1.165, 1.54) is 32.1 Å². The number of likely N-dealkylation sites (tertiary alicyclic amines) is 1. The lowest BCUT2D eigenvalue weighted by atomic mass is 9.91. The number of carbonyl (C=O) groups excluding carboxylic acids is 1. The lowest BCUT2D eigenvalue weighted by Gasteiger charge is -2.42. The first kappa shape index (κ1) is 18.2. The third-order valence-electron chi connectivity index (χ3n) is 6.05. The number of piperidine rings is 1. The predicted octanol–water partition coefficient (Wildman–Crippen LogP) is 4.43. The fraction of sp³-hybridized carbons (Fsp3) is 0.545. The van der Waals surface area contributed by atoms with Gasteiger partial charge in [-0.3, -0.25) is 9.69 Å². The maximum absolute atomic E-state index is 13.2. The molecule has 1 aliphatic carbocycles. The van der Waals surface area contributed by atoms with E-state index in [-0.39, 0.29) is 11.9 Å². The second-order valence-electron chi connectivity index (χ2n) is 7.91. The van der Waals surface area contributed by atoms with E-state index in [4.69, 9.17) is 4.42 Å². The van der Waals surface area contributed by atoms with Crippen LogP contribution in [0.25, 0.3) is 0 Å². The van der Waals surface area contributed by atoms with Crippen molar-refractivity contribution in [2.24, 2.45) is 0 Å². The number of rotatable bonds is 4. The molecule has 0 atom stereocenters. The van der Waals surface area contributed by atoms with Crippen molar-refractivity contribution in [3.05, 3.63) is 48.0 Å². The third kappa shape index (κ3) is 4.08. The van der Waals surface area contributed by atoms with E-state index in [2.05, 4.69) is 9.88 Å². The van der Waals surface area contributed by atoms with Crippen LogP contribution in [0.3, 0.4) is 0 Å². The lowest BCUT2D eigenvalue weighted by molar-refractivity contribution is 0.0901. The summed E-state index contributed by atoms with van der Waals surface area (Å²) in [6.07, 6.45) is 12.1. The van der Waals surface area contributed by atoms with Crippen molar-refractivity contribution < 1.29 is 9.21 Å². The summed E-state index contributed by atoms with van der Waals surface area (Å²) < 4.78 is 5.40. The predicted molar refractivity (Wildman–Crippen MR) is 106 cm³/mol. The van der Waals surface area contributed by atoms with Gasteiger partial charge < -0.3 is 9.32 Å². The highest BCUT2D eigenvalue weighted by Crippen LogP contribution is 2.29. The average Bonchev–Trinajstić information content (AvgIpc) is 3.26. The molecule has 2 fully saturated rings. The second kappa shape index (κ2) is 8.26. The van der Waals surface area contributed by atoms with Crippen LogP contribution in [-0.4, -0.2) is 41.0 Å². The standard InChI is InChI=1S/C22H29N3O2/c1-17-9-10-21(23-16-17)25(22(26)20-8-5-15-27-20)19-11-13-24(14-12-19)18-6-3-2-4-7-18/h5,8-10,15-16,18-19H,2-4,6-7,11-14H2,1H3. The van der Waals surface area contributed by atoms with Gasteiger partial charge in [0.15, 0.2) is 5.76 Å². The van der Waals surface area contributed by atoms with Crippen LogP contribution in [0, 0.1) is 6.92 Å². The molecule has 2 aromatic heterocycles. The molecule has 0 radical (unpaired) electrons. The zero-order valence-electron chi connectivity index (χ0n) is 16.1. The van der Waals surface area contributed by atoms with Gasteiger partial charge in [0.1, 0.15) is 5.82 Å². The summed E-state index contributed by atoms with van der Waals surface area (Å²) in [4.78, 5) is 22.2.